The summed E-state index contributed by atoms with van der Waals surface area (Å²) in [7, 11) is 0. The molecule has 1 saturated heterocycles. The number of fused-ring (bicyclic) bond motifs is 1. The molecule has 0 aromatic carbocycles. The number of rotatable bonds is 1. The molecule has 98 valence electrons. The summed E-state index contributed by atoms with van der Waals surface area (Å²) in [5.41, 5.74) is -0.637. The predicted molar refractivity (Wildman–Crippen MR) is 68.5 cm³/mol. The van der Waals surface area contributed by atoms with Crippen molar-refractivity contribution < 1.29 is 4.79 Å². The number of hydrogen-bond acceptors (Lipinski definition) is 2. The highest BCUT2D eigenvalue weighted by Gasteiger charge is 2.48. The topological polar surface area (TPSA) is 44.1 Å². The molecule has 0 N–H and O–H groups in total. The first kappa shape index (κ1) is 12.0. The van der Waals surface area contributed by atoms with Gasteiger partial charge in [-0.25, -0.2) is 0 Å². The van der Waals surface area contributed by atoms with Crippen molar-refractivity contribution in [1.29, 1.82) is 5.26 Å². The Morgan fingerprint density at radius 1 is 1.11 bits per heavy atom. The van der Waals surface area contributed by atoms with Gasteiger partial charge in [0.1, 0.15) is 5.41 Å². The Kier molecular flexibility index (Phi) is 3.05. The van der Waals surface area contributed by atoms with Crippen LogP contribution in [0.25, 0.3) is 0 Å². The molecule has 2 saturated carbocycles. The molecule has 0 bridgehead atoms. The smallest absolute Gasteiger partial charge is 0.243 e. The van der Waals surface area contributed by atoms with Gasteiger partial charge in [0.15, 0.2) is 0 Å². The van der Waals surface area contributed by atoms with E-state index < -0.39 is 5.41 Å². The summed E-state index contributed by atoms with van der Waals surface area (Å²) in [6.07, 6.45) is 9.12. The lowest BCUT2D eigenvalue weighted by atomic mass is 9.68. The van der Waals surface area contributed by atoms with E-state index in [9.17, 15) is 10.1 Å². The molecule has 0 radical (unpaired) electrons. The van der Waals surface area contributed by atoms with Gasteiger partial charge in [-0.2, -0.15) is 5.26 Å². The first-order valence-electron chi connectivity index (χ1n) is 7.46. The summed E-state index contributed by atoms with van der Waals surface area (Å²) in [6, 6.07) is 2.29. The van der Waals surface area contributed by atoms with Crippen LogP contribution in [0.2, 0.25) is 0 Å². The molecule has 0 aromatic heterocycles. The number of likely N-dealkylation sites (tertiary alicyclic amines) is 1. The van der Waals surface area contributed by atoms with Gasteiger partial charge < -0.3 is 4.90 Å². The van der Waals surface area contributed by atoms with Gasteiger partial charge in [-0.3, -0.25) is 4.79 Å². The van der Waals surface area contributed by atoms with Gasteiger partial charge >= 0.3 is 0 Å². The molecule has 3 rings (SSSR count). The predicted octanol–water partition coefficient (Wildman–Crippen LogP) is 2.72. The third kappa shape index (κ3) is 1.83. The normalized spacial score (nSPS) is 34.1. The zero-order valence-electron chi connectivity index (χ0n) is 11.0. The first-order valence-corrected chi connectivity index (χ1v) is 7.46. The van der Waals surface area contributed by atoms with Crippen molar-refractivity contribution in [2.75, 3.05) is 13.1 Å². The number of nitriles is 1. The van der Waals surface area contributed by atoms with Crippen LogP contribution in [0.15, 0.2) is 0 Å². The molecule has 1 aliphatic heterocycles. The number of hydrogen-bond donors (Lipinski definition) is 0. The standard InChI is InChI=1S/C15H22N2O/c16-11-15(7-3-8-15)14(18)17-9-6-12-4-1-2-5-13(12)10-17/h12-13H,1-10H2. The Morgan fingerprint density at radius 3 is 2.44 bits per heavy atom. The molecule has 2 atom stereocenters. The molecule has 18 heavy (non-hydrogen) atoms. The van der Waals surface area contributed by atoms with Crippen LogP contribution in [-0.4, -0.2) is 23.9 Å². The average Bonchev–Trinajstić information content (AvgIpc) is 2.37. The van der Waals surface area contributed by atoms with Gasteiger partial charge in [-0.05, 0) is 43.9 Å². The maximum atomic E-state index is 12.5. The number of piperidine rings is 1. The van der Waals surface area contributed by atoms with E-state index in [1.54, 1.807) is 0 Å². The minimum absolute atomic E-state index is 0.139. The van der Waals surface area contributed by atoms with E-state index in [4.69, 9.17) is 0 Å². The Bertz CT molecular complexity index is 380. The molecule has 2 unspecified atom stereocenters. The fourth-order valence-electron chi connectivity index (χ4n) is 3.99. The Balaban J connectivity index is 1.67. The fourth-order valence-corrected chi connectivity index (χ4v) is 3.99. The molecule has 3 heteroatoms. The van der Waals surface area contributed by atoms with E-state index in [2.05, 4.69) is 6.07 Å². The molecular weight excluding hydrogens is 224 g/mol. The lowest BCUT2D eigenvalue weighted by Gasteiger charge is -2.45. The third-order valence-corrected chi connectivity index (χ3v) is 5.41. The van der Waals surface area contributed by atoms with E-state index in [-0.39, 0.29) is 5.91 Å². The van der Waals surface area contributed by atoms with Gasteiger partial charge in [-0.15, -0.1) is 0 Å². The highest BCUT2D eigenvalue weighted by molar-refractivity contribution is 5.86. The van der Waals surface area contributed by atoms with Gasteiger partial charge in [0.2, 0.25) is 5.91 Å². The molecule has 1 heterocycles. The van der Waals surface area contributed by atoms with E-state index in [1.807, 2.05) is 4.90 Å². The van der Waals surface area contributed by atoms with Crippen LogP contribution >= 0.6 is 0 Å². The Morgan fingerprint density at radius 2 is 1.83 bits per heavy atom. The van der Waals surface area contributed by atoms with E-state index in [0.717, 1.165) is 44.7 Å². The van der Waals surface area contributed by atoms with Crippen LogP contribution in [0, 0.1) is 28.6 Å². The number of nitrogens with zero attached hydrogens (tertiary/aromatic N) is 2. The van der Waals surface area contributed by atoms with E-state index in [0.29, 0.717) is 5.92 Å². The summed E-state index contributed by atoms with van der Waals surface area (Å²) >= 11 is 0. The lowest BCUT2D eigenvalue weighted by Crippen LogP contribution is -2.52. The second-order valence-electron chi connectivity index (χ2n) is 6.39. The van der Waals surface area contributed by atoms with Crippen LogP contribution in [0.1, 0.15) is 51.4 Å². The second kappa shape index (κ2) is 4.57. The van der Waals surface area contributed by atoms with Gasteiger partial charge in [0.25, 0.3) is 0 Å². The van der Waals surface area contributed by atoms with Crippen LogP contribution in [0.3, 0.4) is 0 Å². The molecule has 0 spiro atoms. The van der Waals surface area contributed by atoms with Crippen molar-refractivity contribution in [3.63, 3.8) is 0 Å². The molecule has 0 aromatic rings. The molecule has 2 aliphatic carbocycles. The molecule has 1 amide bonds. The van der Waals surface area contributed by atoms with Crippen LogP contribution in [-0.2, 0) is 4.79 Å². The van der Waals surface area contributed by atoms with Crippen LogP contribution in [0.5, 0.6) is 0 Å². The summed E-state index contributed by atoms with van der Waals surface area (Å²) < 4.78 is 0. The van der Waals surface area contributed by atoms with Crippen molar-refractivity contribution in [3.05, 3.63) is 0 Å². The zero-order chi connectivity index (χ0) is 12.6. The Hall–Kier alpha value is -1.04. The summed E-state index contributed by atoms with van der Waals surface area (Å²) in [4.78, 5) is 14.5. The molecule has 3 aliphatic rings. The monoisotopic (exact) mass is 246 g/mol. The van der Waals surface area contributed by atoms with Crippen molar-refractivity contribution >= 4 is 5.91 Å². The van der Waals surface area contributed by atoms with E-state index in [1.165, 1.54) is 25.7 Å². The summed E-state index contributed by atoms with van der Waals surface area (Å²) in [5.74, 6) is 1.70. The third-order valence-electron chi connectivity index (χ3n) is 5.41. The molecular formula is C15H22N2O. The quantitative estimate of drug-likeness (QED) is 0.714. The highest BCUT2D eigenvalue weighted by atomic mass is 16.2. The Labute approximate surface area is 109 Å². The molecule has 3 fully saturated rings. The molecule has 3 nitrogen and oxygen atoms in total. The fraction of sp³-hybridized carbons (Fsp3) is 0.867. The largest absolute Gasteiger partial charge is 0.341 e. The van der Waals surface area contributed by atoms with Crippen molar-refractivity contribution in [1.82, 2.24) is 4.90 Å². The van der Waals surface area contributed by atoms with E-state index >= 15 is 0 Å². The maximum absolute atomic E-state index is 12.5. The zero-order valence-corrected chi connectivity index (χ0v) is 11.0. The first-order chi connectivity index (χ1) is 8.75. The van der Waals surface area contributed by atoms with Crippen LogP contribution < -0.4 is 0 Å². The number of carbonyl (C=O) groups is 1. The highest BCUT2D eigenvalue weighted by Crippen LogP contribution is 2.44. The maximum Gasteiger partial charge on any atom is 0.243 e. The second-order valence-corrected chi connectivity index (χ2v) is 6.39. The SMILES string of the molecule is N#CC1(C(=O)N2CCC3CCCCC3C2)CCC1. The van der Waals surface area contributed by atoms with Crippen LogP contribution in [0.4, 0.5) is 0 Å². The van der Waals surface area contributed by atoms with Crippen molar-refractivity contribution in [3.8, 4) is 6.07 Å². The van der Waals surface area contributed by atoms with Gasteiger partial charge in [0, 0.05) is 13.1 Å². The van der Waals surface area contributed by atoms with Crippen molar-refractivity contribution in [2.45, 2.75) is 51.4 Å². The number of amides is 1. The summed E-state index contributed by atoms with van der Waals surface area (Å²) in [6.45, 7) is 1.82. The summed E-state index contributed by atoms with van der Waals surface area (Å²) in [5, 5.41) is 9.27. The van der Waals surface area contributed by atoms with Gasteiger partial charge in [-0.1, -0.05) is 19.3 Å². The van der Waals surface area contributed by atoms with Crippen molar-refractivity contribution in [2.24, 2.45) is 17.3 Å². The van der Waals surface area contributed by atoms with Gasteiger partial charge in [0.05, 0.1) is 6.07 Å². The minimum Gasteiger partial charge on any atom is -0.341 e. The average molecular weight is 246 g/mol. The minimum atomic E-state index is -0.637. The number of carbonyl (C=O) groups excluding carboxylic acids is 1. The lowest BCUT2D eigenvalue weighted by molar-refractivity contribution is -0.146.